The van der Waals surface area contributed by atoms with Crippen molar-refractivity contribution >= 4 is 46.2 Å². The number of esters is 1. The lowest BCUT2D eigenvalue weighted by molar-refractivity contribution is 0.0518. The van der Waals surface area contributed by atoms with Crippen LogP contribution in [0.4, 0.5) is 4.39 Å². The number of carbonyl (C=O) groups is 1. The lowest BCUT2D eigenvalue weighted by atomic mass is 10.1. The quantitative estimate of drug-likeness (QED) is 0.455. The largest absolute Gasteiger partial charge is 0.460 e. The number of fused-ring (bicyclic) bond motifs is 1. The van der Waals surface area contributed by atoms with Crippen molar-refractivity contribution in [3.63, 3.8) is 0 Å². The van der Waals surface area contributed by atoms with E-state index in [1.54, 1.807) is 17.5 Å². The summed E-state index contributed by atoms with van der Waals surface area (Å²) in [6.07, 6.45) is 1.49. The van der Waals surface area contributed by atoms with Gasteiger partial charge in [0.05, 0.1) is 17.6 Å². The minimum atomic E-state index is -0.444. The molecule has 1 aromatic heterocycles. The normalized spacial score (nSPS) is 15.5. The Kier molecular flexibility index (Phi) is 5.88. The lowest BCUT2D eigenvalue weighted by Crippen LogP contribution is -2.38. The zero-order valence-electron chi connectivity index (χ0n) is 13.2. The summed E-state index contributed by atoms with van der Waals surface area (Å²) < 4.78 is 18.9. The molecule has 0 saturated carbocycles. The van der Waals surface area contributed by atoms with E-state index < -0.39 is 5.97 Å². The van der Waals surface area contributed by atoms with Crippen LogP contribution in [-0.2, 0) is 11.2 Å². The molecule has 8 heteroatoms. The van der Waals surface area contributed by atoms with Crippen LogP contribution in [0, 0.1) is 5.82 Å². The van der Waals surface area contributed by atoms with Crippen LogP contribution in [0.3, 0.4) is 0 Å². The van der Waals surface area contributed by atoms with E-state index in [2.05, 4.69) is 10.6 Å². The van der Waals surface area contributed by atoms with E-state index >= 15 is 0 Å². The van der Waals surface area contributed by atoms with E-state index in [1.807, 2.05) is 6.07 Å². The molecule has 2 N–H and O–H groups in total. The monoisotopic (exact) mass is 398 g/mol. The van der Waals surface area contributed by atoms with Gasteiger partial charge in [0.15, 0.2) is 5.11 Å². The van der Waals surface area contributed by atoms with Crippen molar-refractivity contribution in [1.29, 1.82) is 0 Å². The fourth-order valence-electron chi connectivity index (χ4n) is 2.78. The Morgan fingerprint density at radius 1 is 1.44 bits per heavy atom. The SMILES string of the molecule is O=C(OCCNC(=S)NC1CCc2c(F)cccc21)c1sccc1Cl. The molecule has 0 fully saturated rings. The highest BCUT2D eigenvalue weighted by Crippen LogP contribution is 2.32. The molecule has 0 spiro atoms. The number of nitrogens with one attached hydrogen (secondary N) is 2. The highest BCUT2D eigenvalue weighted by Gasteiger charge is 2.25. The van der Waals surface area contributed by atoms with Crippen molar-refractivity contribution in [1.82, 2.24) is 10.6 Å². The van der Waals surface area contributed by atoms with Crippen LogP contribution < -0.4 is 10.6 Å². The standard InChI is InChI=1S/C17H16ClFN2O2S2/c18-12-6-9-25-15(12)16(22)23-8-7-20-17(24)21-14-5-4-10-11(14)2-1-3-13(10)19/h1-3,6,9,14H,4-5,7-8H2,(H2,20,21,24). The number of ether oxygens (including phenoxy) is 1. The van der Waals surface area contributed by atoms with Gasteiger partial charge in [0, 0.05) is 0 Å². The molecule has 1 aliphatic carbocycles. The van der Waals surface area contributed by atoms with Crippen LogP contribution in [0.25, 0.3) is 0 Å². The zero-order valence-corrected chi connectivity index (χ0v) is 15.6. The second-order valence-corrected chi connectivity index (χ2v) is 7.26. The molecular formula is C17H16ClFN2O2S2. The first kappa shape index (κ1) is 18.1. The minimum absolute atomic E-state index is 0.00169. The third-order valence-electron chi connectivity index (χ3n) is 3.94. The molecule has 0 amide bonds. The summed E-state index contributed by atoms with van der Waals surface area (Å²) in [5, 5.41) is 8.75. The van der Waals surface area contributed by atoms with Gasteiger partial charge in [-0.1, -0.05) is 23.7 Å². The first-order valence-electron chi connectivity index (χ1n) is 7.78. The molecule has 0 bridgehead atoms. The number of thiocarbonyl (C=S) groups is 1. The summed E-state index contributed by atoms with van der Waals surface area (Å²) in [6, 6.07) is 6.75. The van der Waals surface area contributed by atoms with Crippen molar-refractivity contribution in [2.75, 3.05) is 13.2 Å². The molecule has 1 aliphatic rings. The smallest absolute Gasteiger partial charge is 0.349 e. The molecule has 3 rings (SSSR count). The van der Waals surface area contributed by atoms with Crippen LogP contribution in [-0.4, -0.2) is 24.2 Å². The topological polar surface area (TPSA) is 50.4 Å². The number of thiophene rings is 1. The third-order valence-corrected chi connectivity index (χ3v) is 5.53. The van der Waals surface area contributed by atoms with Gasteiger partial charge in [-0.25, -0.2) is 9.18 Å². The second-order valence-electron chi connectivity index (χ2n) is 5.53. The molecule has 132 valence electrons. The molecule has 4 nitrogen and oxygen atoms in total. The van der Waals surface area contributed by atoms with E-state index in [9.17, 15) is 9.18 Å². The highest BCUT2D eigenvalue weighted by molar-refractivity contribution is 7.80. The Morgan fingerprint density at radius 2 is 2.28 bits per heavy atom. The summed E-state index contributed by atoms with van der Waals surface area (Å²) in [7, 11) is 0. The van der Waals surface area contributed by atoms with E-state index in [0.29, 0.717) is 28.0 Å². The molecular weight excluding hydrogens is 383 g/mol. The molecule has 1 heterocycles. The van der Waals surface area contributed by atoms with Crippen molar-refractivity contribution in [3.8, 4) is 0 Å². The molecule has 0 saturated heterocycles. The Bertz CT molecular complexity index is 797. The van der Waals surface area contributed by atoms with Gasteiger partial charge < -0.3 is 15.4 Å². The summed E-state index contributed by atoms with van der Waals surface area (Å²) in [5.74, 6) is -0.610. The molecule has 0 radical (unpaired) electrons. The van der Waals surface area contributed by atoms with Gasteiger partial charge in [0.1, 0.15) is 17.3 Å². The summed E-state index contributed by atoms with van der Waals surface area (Å²) >= 11 is 12.4. The molecule has 1 unspecified atom stereocenters. The maximum atomic E-state index is 13.7. The van der Waals surface area contributed by atoms with Crippen LogP contribution in [0.5, 0.6) is 0 Å². The molecule has 2 aromatic rings. The van der Waals surface area contributed by atoms with Gasteiger partial charge in [0.2, 0.25) is 0 Å². The number of carbonyl (C=O) groups excluding carboxylic acids is 1. The van der Waals surface area contributed by atoms with Crippen molar-refractivity contribution in [2.45, 2.75) is 18.9 Å². The van der Waals surface area contributed by atoms with Crippen molar-refractivity contribution in [3.05, 3.63) is 56.5 Å². The fourth-order valence-corrected chi connectivity index (χ4v) is 4.05. The van der Waals surface area contributed by atoms with Gasteiger partial charge in [-0.3, -0.25) is 0 Å². The number of rotatable bonds is 5. The minimum Gasteiger partial charge on any atom is -0.460 e. The van der Waals surface area contributed by atoms with Crippen LogP contribution in [0.15, 0.2) is 29.6 Å². The van der Waals surface area contributed by atoms with E-state index in [4.69, 9.17) is 28.6 Å². The maximum Gasteiger partial charge on any atom is 0.349 e. The molecule has 25 heavy (non-hydrogen) atoms. The zero-order chi connectivity index (χ0) is 17.8. The van der Waals surface area contributed by atoms with E-state index in [0.717, 1.165) is 17.5 Å². The van der Waals surface area contributed by atoms with Crippen LogP contribution in [0.2, 0.25) is 5.02 Å². The summed E-state index contributed by atoms with van der Waals surface area (Å²) in [4.78, 5) is 12.2. The van der Waals surface area contributed by atoms with Gasteiger partial charge in [-0.05, 0) is 53.7 Å². The van der Waals surface area contributed by atoms with Gasteiger partial charge in [0.25, 0.3) is 0 Å². The van der Waals surface area contributed by atoms with Crippen molar-refractivity contribution < 1.29 is 13.9 Å². The van der Waals surface area contributed by atoms with Crippen LogP contribution >= 0.6 is 35.2 Å². The Morgan fingerprint density at radius 3 is 3.04 bits per heavy atom. The summed E-state index contributed by atoms with van der Waals surface area (Å²) in [5.41, 5.74) is 1.70. The maximum absolute atomic E-state index is 13.7. The highest BCUT2D eigenvalue weighted by atomic mass is 35.5. The van der Waals surface area contributed by atoms with Gasteiger partial charge in [-0.15, -0.1) is 11.3 Å². The predicted molar refractivity (Wildman–Crippen MR) is 101 cm³/mol. The average molecular weight is 399 g/mol. The fraction of sp³-hybridized carbons (Fsp3) is 0.294. The first-order valence-corrected chi connectivity index (χ1v) is 9.44. The Balaban J connectivity index is 1.42. The Labute approximate surface area is 159 Å². The van der Waals surface area contributed by atoms with E-state index in [1.165, 1.54) is 17.4 Å². The molecule has 0 aliphatic heterocycles. The van der Waals surface area contributed by atoms with Crippen molar-refractivity contribution in [2.24, 2.45) is 0 Å². The Hall–Kier alpha value is -1.70. The van der Waals surface area contributed by atoms with Gasteiger partial charge >= 0.3 is 5.97 Å². The molecule has 1 aromatic carbocycles. The molecule has 1 atom stereocenters. The predicted octanol–water partition coefficient (Wildman–Crippen LogP) is 3.85. The summed E-state index contributed by atoms with van der Waals surface area (Å²) in [6.45, 7) is 0.550. The first-order chi connectivity index (χ1) is 12.1. The number of halogens is 2. The van der Waals surface area contributed by atoms with Gasteiger partial charge in [-0.2, -0.15) is 0 Å². The number of hydrogen-bond acceptors (Lipinski definition) is 4. The average Bonchev–Trinajstić information content (AvgIpc) is 3.19. The lowest BCUT2D eigenvalue weighted by Gasteiger charge is -2.17. The van der Waals surface area contributed by atoms with Crippen LogP contribution in [0.1, 0.15) is 33.3 Å². The number of benzene rings is 1. The third kappa shape index (κ3) is 4.29. The van der Waals surface area contributed by atoms with E-state index in [-0.39, 0.29) is 18.5 Å². The second kappa shape index (κ2) is 8.12. The number of hydrogen-bond donors (Lipinski definition) is 2.